The number of anilines is 2. The van der Waals surface area contributed by atoms with Crippen molar-refractivity contribution < 1.29 is 14.3 Å². The number of benzene rings is 2. The van der Waals surface area contributed by atoms with Crippen LogP contribution >= 0.6 is 35.4 Å². The van der Waals surface area contributed by atoms with Crippen molar-refractivity contribution in [3.05, 3.63) is 52.5 Å². The van der Waals surface area contributed by atoms with Gasteiger partial charge in [0.2, 0.25) is 5.91 Å². The lowest BCUT2D eigenvalue weighted by atomic mass is 10.1. The summed E-state index contributed by atoms with van der Waals surface area (Å²) in [7, 11) is 0. The molecule has 182 valence electrons. The van der Waals surface area contributed by atoms with Gasteiger partial charge in [-0.05, 0) is 61.6 Å². The molecule has 10 heteroatoms. The van der Waals surface area contributed by atoms with Crippen LogP contribution < -0.4 is 20.3 Å². The van der Waals surface area contributed by atoms with E-state index < -0.39 is 12.0 Å². The van der Waals surface area contributed by atoms with E-state index in [-0.39, 0.29) is 16.9 Å². The van der Waals surface area contributed by atoms with E-state index in [0.717, 1.165) is 24.5 Å². The van der Waals surface area contributed by atoms with Gasteiger partial charge in [0.25, 0.3) is 5.91 Å². The van der Waals surface area contributed by atoms with E-state index >= 15 is 0 Å². The normalized spacial score (nSPS) is 14.5. The van der Waals surface area contributed by atoms with Gasteiger partial charge in [-0.1, -0.05) is 37.0 Å². The predicted molar refractivity (Wildman–Crippen MR) is 141 cm³/mol. The minimum Gasteiger partial charge on any atom is -0.479 e. The number of nitrogens with one attached hydrogen (secondary N) is 2. The SMILES string of the molecule is CC(C)C(=O)N1CCN(c2ccc(NC(=S)NC(=O)C(C)Oc3ccc(Cl)cc3Cl)cc2)CC1. The summed E-state index contributed by atoms with van der Waals surface area (Å²) in [6, 6.07) is 12.6. The molecule has 0 radical (unpaired) electrons. The van der Waals surface area contributed by atoms with Crippen LogP contribution in [0.5, 0.6) is 5.75 Å². The van der Waals surface area contributed by atoms with E-state index in [2.05, 4.69) is 15.5 Å². The number of hydrogen-bond acceptors (Lipinski definition) is 5. The lowest BCUT2D eigenvalue weighted by Gasteiger charge is -2.37. The summed E-state index contributed by atoms with van der Waals surface area (Å²) in [5, 5.41) is 6.59. The number of rotatable bonds is 6. The zero-order valence-electron chi connectivity index (χ0n) is 19.3. The topological polar surface area (TPSA) is 73.9 Å². The summed E-state index contributed by atoms with van der Waals surface area (Å²) < 4.78 is 5.61. The highest BCUT2D eigenvalue weighted by Gasteiger charge is 2.23. The highest BCUT2D eigenvalue weighted by atomic mass is 35.5. The first kappa shape index (κ1) is 26.1. The van der Waals surface area contributed by atoms with Crippen molar-refractivity contribution in [3.8, 4) is 5.75 Å². The standard InChI is InChI=1S/C24H28Cl2N4O3S/c1-15(2)23(32)30-12-10-29(11-13-30)19-7-5-18(6-8-19)27-24(34)28-22(31)16(3)33-21-9-4-17(25)14-20(21)26/h4-9,14-16H,10-13H2,1-3H3,(H2,27,28,31,34). The molecule has 0 spiro atoms. The van der Waals surface area contributed by atoms with Gasteiger partial charge >= 0.3 is 0 Å². The van der Waals surface area contributed by atoms with Crippen LogP contribution in [-0.4, -0.2) is 54.1 Å². The number of carbonyl (C=O) groups is 2. The van der Waals surface area contributed by atoms with Crippen LogP contribution in [0.4, 0.5) is 11.4 Å². The van der Waals surface area contributed by atoms with Crippen LogP contribution in [0, 0.1) is 5.92 Å². The molecule has 0 bridgehead atoms. The van der Waals surface area contributed by atoms with E-state index in [1.807, 2.05) is 43.0 Å². The molecule has 1 saturated heterocycles. The first-order valence-corrected chi connectivity index (χ1v) is 12.2. The summed E-state index contributed by atoms with van der Waals surface area (Å²) in [6.45, 7) is 8.46. The third-order valence-electron chi connectivity index (χ3n) is 5.38. The molecule has 1 aliphatic rings. The predicted octanol–water partition coefficient (Wildman–Crippen LogP) is 4.58. The number of ether oxygens (including phenoxy) is 1. The maximum Gasteiger partial charge on any atom is 0.266 e. The Morgan fingerprint density at radius 2 is 1.65 bits per heavy atom. The number of piperazine rings is 1. The van der Waals surface area contributed by atoms with Crippen molar-refractivity contribution >= 4 is 63.7 Å². The van der Waals surface area contributed by atoms with Gasteiger partial charge < -0.3 is 19.9 Å². The molecule has 1 atom stereocenters. The highest BCUT2D eigenvalue weighted by molar-refractivity contribution is 7.80. The lowest BCUT2D eigenvalue weighted by molar-refractivity contribution is -0.134. The van der Waals surface area contributed by atoms with Gasteiger partial charge in [0.1, 0.15) is 5.75 Å². The molecule has 7 nitrogen and oxygen atoms in total. The summed E-state index contributed by atoms with van der Waals surface area (Å²) in [6.07, 6.45) is -0.818. The van der Waals surface area contributed by atoms with Crippen LogP contribution in [0.15, 0.2) is 42.5 Å². The molecule has 3 rings (SSSR count). The van der Waals surface area contributed by atoms with Gasteiger partial charge in [0, 0.05) is 48.5 Å². The maximum absolute atomic E-state index is 12.4. The first-order chi connectivity index (χ1) is 16.1. The van der Waals surface area contributed by atoms with Gasteiger partial charge in [-0.25, -0.2) is 0 Å². The number of thiocarbonyl (C=S) groups is 1. The van der Waals surface area contributed by atoms with Crippen LogP contribution in [0.25, 0.3) is 0 Å². The van der Waals surface area contributed by atoms with E-state index in [0.29, 0.717) is 28.9 Å². The van der Waals surface area contributed by atoms with Gasteiger partial charge in [-0.3, -0.25) is 14.9 Å². The Morgan fingerprint density at radius 1 is 1.00 bits per heavy atom. The second-order valence-corrected chi connectivity index (χ2v) is 9.54. The number of hydrogen-bond donors (Lipinski definition) is 2. The fourth-order valence-electron chi connectivity index (χ4n) is 3.50. The quantitative estimate of drug-likeness (QED) is 0.541. The molecule has 1 unspecified atom stereocenters. The number of nitrogens with zero attached hydrogens (tertiary/aromatic N) is 2. The second kappa shape index (κ2) is 11.7. The molecule has 0 aliphatic carbocycles. The molecule has 34 heavy (non-hydrogen) atoms. The van der Waals surface area contributed by atoms with E-state index in [1.54, 1.807) is 25.1 Å². The third-order valence-corrected chi connectivity index (χ3v) is 6.11. The van der Waals surface area contributed by atoms with Crippen molar-refractivity contribution in [2.45, 2.75) is 26.9 Å². The lowest BCUT2D eigenvalue weighted by Crippen LogP contribution is -2.49. The van der Waals surface area contributed by atoms with Crippen LogP contribution in [0.1, 0.15) is 20.8 Å². The number of halogens is 2. The van der Waals surface area contributed by atoms with Crippen molar-refractivity contribution in [2.24, 2.45) is 5.92 Å². The van der Waals surface area contributed by atoms with Crippen LogP contribution in [0.2, 0.25) is 10.0 Å². The van der Waals surface area contributed by atoms with Crippen molar-refractivity contribution in [1.29, 1.82) is 0 Å². The fraction of sp³-hybridized carbons (Fsp3) is 0.375. The molecule has 2 amide bonds. The molecule has 1 fully saturated rings. The van der Waals surface area contributed by atoms with E-state index in [9.17, 15) is 9.59 Å². The zero-order chi connectivity index (χ0) is 24.8. The molecule has 2 N–H and O–H groups in total. The average Bonchev–Trinajstić information content (AvgIpc) is 2.80. The summed E-state index contributed by atoms with van der Waals surface area (Å²) in [4.78, 5) is 28.8. The molecule has 2 aromatic carbocycles. The largest absolute Gasteiger partial charge is 0.479 e. The van der Waals surface area contributed by atoms with Gasteiger partial charge in [-0.15, -0.1) is 0 Å². The monoisotopic (exact) mass is 522 g/mol. The molecule has 1 aliphatic heterocycles. The molecular weight excluding hydrogens is 495 g/mol. The van der Waals surface area contributed by atoms with Crippen molar-refractivity contribution in [1.82, 2.24) is 10.2 Å². The summed E-state index contributed by atoms with van der Waals surface area (Å²) in [5.41, 5.74) is 1.82. The van der Waals surface area contributed by atoms with E-state index in [1.165, 1.54) is 0 Å². The summed E-state index contributed by atoms with van der Waals surface area (Å²) >= 11 is 17.2. The van der Waals surface area contributed by atoms with Gasteiger partial charge in [0.05, 0.1) is 5.02 Å². The minimum absolute atomic E-state index is 0.0195. The smallest absolute Gasteiger partial charge is 0.266 e. The Bertz CT molecular complexity index is 1040. The van der Waals surface area contributed by atoms with E-state index in [4.69, 9.17) is 40.2 Å². The molecule has 2 aromatic rings. The Labute approximate surface area is 215 Å². The molecule has 1 heterocycles. The van der Waals surface area contributed by atoms with Crippen molar-refractivity contribution in [3.63, 3.8) is 0 Å². The Balaban J connectivity index is 1.48. The average molecular weight is 523 g/mol. The number of carbonyl (C=O) groups excluding carboxylic acids is 2. The maximum atomic E-state index is 12.4. The van der Waals surface area contributed by atoms with Crippen LogP contribution in [0.3, 0.4) is 0 Å². The molecule has 0 aromatic heterocycles. The fourth-order valence-corrected chi connectivity index (χ4v) is 4.17. The van der Waals surface area contributed by atoms with Crippen molar-refractivity contribution in [2.75, 3.05) is 36.4 Å². The van der Waals surface area contributed by atoms with Gasteiger partial charge in [-0.2, -0.15) is 0 Å². The Kier molecular flexibility index (Phi) is 8.99. The second-order valence-electron chi connectivity index (χ2n) is 8.29. The Morgan fingerprint density at radius 3 is 2.24 bits per heavy atom. The minimum atomic E-state index is -0.818. The first-order valence-electron chi connectivity index (χ1n) is 11.0. The molecule has 0 saturated carbocycles. The summed E-state index contributed by atoms with van der Waals surface area (Å²) in [5.74, 6) is 0.170. The Hall–Kier alpha value is -2.55. The van der Waals surface area contributed by atoms with Gasteiger partial charge in [0.15, 0.2) is 11.2 Å². The van der Waals surface area contributed by atoms with Crippen LogP contribution in [-0.2, 0) is 9.59 Å². The molecular formula is C24H28Cl2N4O3S. The number of amides is 2. The zero-order valence-corrected chi connectivity index (χ0v) is 21.6. The third kappa shape index (κ3) is 6.98. The highest BCUT2D eigenvalue weighted by Crippen LogP contribution is 2.28.